The number of carbonyl (C=O) groups excluding carboxylic acids is 3. The molecule has 0 aromatic carbocycles. The maximum absolute atomic E-state index is 12.8. The number of hydrogen-bond donors (Lipinski definition) is 0. The van der Waals surface area contributed by atoms with Crippen LogP contribution in [0.3, 0.4) is 0 Å². The topological polar surface area (TPSA) is 111 Å². The van der Waals surface area contributed by atoms with Crippen molar-refractivity contribution in [3.8, 4) is 0 Å². The van der Waals surface area contributed by atoms with Crippen molar-refractivity contribution >= 4 is 17.9 Å². The Hall–Kier alpha value is -3.27. The summed E-state index contributed by atoms with van der Waals surface area (Å²) in [6, 6.07) is 0. The van der Waals surface area contributed by atoms with Gasteiger partial charge in [-0.3, -0.25) is 9.59 Å². The molecule has 9 heteroatoms. The molecule has 0 N–H and O–H groups in total. The minimum absolute atomic E-state index is 0.135. The largest absolute Gasteiger partial charge is 0.545 e. The van der Waals surface area contributed by atoms with Crippen molar-refractivity contribution in [2.75, 3.05) is 47.5 Å². The number of carboxylic acid groups (broad SMARTS) is 1. The minimum Gasteiger partial charge on any atom is -0.545 e. The van der Waals surface area contributed by atoms with E-state index in [-0.39, 0.29) is 38.6 Å². The van der Waals surface area contributed by atoms with Crippen molar-refractivity contribution in [1.29, 1.82) is 0 Å². The van der Waals surface area contributed by atoms with E-state index in [4.69, 9.17) is 18.9 Å². The Balaban J connectivity index is 4.06. The molecule has 0 aliphatic rings. The summed E-state index contributed by atoms with van der Waals surface area (Å²) < 4.78 is 22.6. The molecule has 0 aromatic rings. The third kappa shape index (κ3) is 60.2. The Morgan fingerprint density at radius 2 is 0.753 bits per heavy atom. The van der Waals surface area contributed by atoms with Gasteiger partial charge >= 0.3 is 11.9 Å². The number of carbonyl (C=O) groups is 3. The van der Waals surface area contributed by atoms with E-state index in [0.717, 1.165) is 51.4 Å². The molecule has 0 spiro atoms. The number of ether oxygens (including phenoxy) is 4. The molecule has 0 saturated heterocycles. The lowest BCUT2D eigenvalue weighted by Crippen LogP contribution is -2.44. The van der Waals surface area contributed by atoms with E-state index >= 15 is 0 Å². The summed E-state index contributed by atoms with van der Waals surface area (Å²) in [5.41, 5.74) is 0. The van der Waals surface area contributed by atoms with Crippen LogP contribution < -0.4 is 5.11 Å². The number of aliphatic carboxylic acids is 1. The number of quaternary nitrogens is 1. The second-order valence-electron chi connectivity index (χ2n) is 22.7. The van der Waals surface area contributed by atoms with E-state index in [0.29, 0.717) is 23.9 Å². The first-order valence-corrected chi connectivity index (χ1v) is 32.1. The van der Waals surface area contributed by atoms with E-state index in [1.54, 1.807) is 0 Å². The number of unbranched alkanes of at least 4 members (excludes halogenated alkanes) is 32. The fraction of sp³-hybridized carbons (Fsp3) is 0.779. The number of allylic oxidation sites excluding steroid dienone is 12. The van der Waals surface area contributed by atoms with Gasteiger partial charge in [-0.15, -0.1) is 0 Å². The minimum atomic E-state index is -1.64. The molecule has 0 aliphatic heterocycles. The second-order valence-corrected chi connectivity index (χ2v) is 22.7. The first-order valence-electron chi connectivity index (χ1n) is 32.1. The molecule has 446 valence electrons. The molecule has 2 atom stereocenters. The number of hydrogen-bond acceptors (Lipinski definition) is 8. The Kier molecular flexibility index (Phi) is 56.4. The van der Waals surface area contributed by atoms with Gasteiger partial charge in [0, 0.05) is 12.8 Å². The highest BCUT2D eigenvalue weighted by Gasteiger charge is 2.22. The average molecular weight is 1080 g/mol. The van der Waals surface area contributed by atoms with Crippen LogP contribution in [-0.2, 0) is 33.3 Å². The van der Waals surface area contributed by atoms with Crippen molar-refractivity contribution in [3.63, 3.8) is 0 Å². The maximum Gasteiger partial charge on any atom is 0.306 e. The lowest BCUT2D eigenvalue weighted by atomic mass is 10.0. The van der Waals surface area contributed by atoms with Crippen molar-refractivity contribution in [2.24, 2.45) is 0 Å². The molecule has 0 rings (SSSR count). The van der Waals surface area contributed by atoms with Gasteiger partial charge in [0.05, 0.1) is 40.3 Å². The zero-order valence-electron chi connectivity index (χ0n) is 50.8. The van der Waals surface area contributed by atoms with E-state index in [9.17, 15) is 19.5 Å². The average Bonchev–Trinajstić information content (AvgIpc) is 3.40. The van der Waals surface area contributed by atoms with Gasteiger partial charge in [-0.1, -0.05) is 267 Å². The summed E-state index contributed by atoms with van der Waals surface area (Å²) in [6.07, 6.45) is 74.3. The van der Waals surface area contributed by atoms with Gasteiger partial charge < -0.3 is 33.3 Å². The molecule has 0 aliphatic carbocycles. The highest BCUT2D eigenvalue weighted by molar-refractivity contribution is 5.70. The van der Waals surface area contributed by atoms with Crippen molar-refractivity contribution in [1.82, 2.24) is 0 Å². The van der Waals surface area contributed by atoms with Crippen molar-refractivity contribution in [2.45, 2.75) is 296 Å². The number of rotatable bonds is 59. The van der Waals surface area contributed by atoms with Crippen LogP contribution in [0, 0.1) is 0 Å². The molecule has 77 heavy (non-hydrogen) atoms. The smallest absolute Gasteiger partial charge is 0.306 e. The van der Waals surface area contributed by atoms with E-state index in [2.05, 4.69) is 86.8 Å². The van der Waals surface area contributed by atoms with E-state index in [1.807, 2.05) is 21.1 Å². The third-order valence-electron chi connectivity index (χ3n) is 13.9. The van der Waals surface area contributed by atoms with Crippen LogP contribution in [0.4, 0.5) is 0 Å². The van der Waals surface area contributed by atoms with E-state index in [1.165, 1.54) is 193 Å². The fourth-order valence-corrected chi connectivity index (χ4v) is 9.04. The maximum atomic E-state index is 12.8. The Morgan fingerprint density at radius 3 is 1.16 bits per heavy atom. The van der Waals surface area contributed by atoms with Crippen LogP contribution in [0.15, 0.2) is 72.9 Å². The number of nitrogens with zero attached hydrogens (tertiary/aromatic N) is 1. The van der Waals surface area contributed by atoms with Gasteiger partial charge in [0.1, 0.15) is 13.2 Å². The van der Waals surface area contributed by atoms with Gasteiger partial charge in [-0.05, 0) is 77.0 Å². The Labute approximate surface area is 475 Å². The molecule has 0 radical (unpaired) electrons. The van der Waals surface area contributed by atoms with Crippen LogP contribution in [0.5, 0.6) is 0 Å². The van der Waals surface area contributed by atoms with Crippen LogP contribution in [0.1, 0.15) is 284 Å². The lowest BCUT2D eigenvalue weighted by Gasteiger charge is -2.26. The number of carboxylic acids is 1. The zero-order valence-corrected chi connectivity index (χ0v) is 50.8. The van der Waals surface area contributed by atoms with Crippen molar-refractivity contribution in [3.05, 3.63) is 72.9 Å². The monoisotopic (exact) mass is 1080 g/mol. The summed E-state index contributed by atoms with van der Waals surface area (Å²) in [5, 5.41) is 11.8. The molecule has 0 heterocycles. The SMILES string of the molecule is CC/C=C\C/C=C\C/C=C\C/C=C\C/C=C\CCCC(=O)OC(COC(=O)CCCCCCCCCCCCCCCCCCCCCCCCC/C=C\CCCCCCCCCC)COC(OCC[N+](C)(C)C)C(=O)[O-]. The summed E-state index contributed by atoms with van der Waals surface area (Å²) in [6.45, 7) is 4.59. The standard InChI is InChI=1S/C68H121NO8/c1-6-8-10-12-14-16-18-20-22-24-25-26-27-28-29-30-31-32-33-34-35-36-37-38-39-40-41-43-44-46-48-50-52-54-56-58-65(70)75-62-64(63-76-68(67(72)73)74-61-60-69(3,4)5)77-66(71)59-57-55-53-51-49-47-45-42-23-21-19-17-15-13-11-9-7-2/h9,11,15,17,21,23-25,45,47,51,53,64,68H,6-8,10,12-14,16,18-20,22,26-44,46,48-50,52,54-63H2,1-5H3/b11-9-,17-15-,23-21-,25-24-,47-45-,53-51-. The molecule has 0 aromatic heterocycles. The van der Waals surface area contributed by atoms with Crippen molar-refractivity contribution < 1.29 is 42.9 Å². The highest BCUT2D eigenvalue weighted by Crippen LogP contribution is 2.17. The van der Waals surface area contributed by atoms with Gasteiger partial charge in [0.25, 0.3) is 0 Å². The summed E-state index contributed by atoms with van der Waals surface area (Å²) >= 11 is 0. The second kappa shape index (κ2) is 58.9. The first-order chi connectivity index (χ1) is 37.6. The quantitative estimate of drug-likeness (QED) is 0.0195. The molecule has 2 unspecified atom stereocenters. The van der Waals surface area contributed by atoms with Crippen LogP contribution in [0.2, 0.25) is 0 Å². The zero-order chi connectivity index (χ0) is 56.2. The highest BCUT2D eigenvalue weighted by atomic mass is 16.7. The number of esters is 2. The number of likely N-dealkylation sites (N-methyl/N-ethyl adjacent to an activating group) is 1. The Bertz CT molecular complexity index is 1490. The molecule has 0 fully saturated rings. The molecule has 9 nitrogen and oxygen atoms in total. The molecular formula is C68H121NO8. The van der Waals surface area contributed by atoms with E-state index < -0.39 is 24.3 Å². The molecule has 0 bridgehead atoms. The summed E-state index contributed by atoms with van der Waals surface area (Å²) in [4.78, 5) is 37.3. The molecular weight excluding hydrogens is 959 g/mol. The lowest BCUT2D eigenvalue weighted by molar-refractivity contribution is -0.870. The summed E-state index contributed by atoms with van der Waals surface area (Å²) in [5.74, 6) is -2.36. The van der Waals surface area contributed by atoms with Crippen LogP contribution in [-0.4, -0.2) is 82.3 Å². The van der Waals surface area contributed by atoms with Crippen LogP contribution >= 0.6 is 0 Å². The Morgan fingerprint density at radius 1 is 0.403 bits per heavy atom. The predicted octanol–water partition coefficient (Wildman–Crippen LogP) is 18.0. The fourth-order valence-electron chi connectivity index (χ4n) is 9.04. The molecule has 0 amide bonds. The van der Waals surface area contributed by atoms with Gasteiger partial charge in [0.2, 0.25) is 0 Å². The normalized spacial score (nSPS) is 13.2. The summed E-state index contributed by atoms with van der Waals surface area (Å²) in [7, 11) is 5.90. The molecule has 0 saturated carbocycles. The third-order valence-corrected chi connectivity index (χ3v) is 13.9. The predicted molar refractivity (Wildman–Crippen MR) is 325 cm³/mol. The first kappa shape index (κ1) is 73.7. The van der Waals surface area contributed by atoms with Gasteiger partial charge in [-0.25, -0.2) is 0 Å². The van der Waals surface area contributed by atoms with Crippen LogP contribution in [0.25, 0.3) is 0 Å². The van der Waals surface area contributed by atoms with Gasteiger partial charge in [-0.2, -0.15) is 0 Å². The van der Waals surface area contributed by atoms with Gasteiger partial charge in [0.15, 0.2) is 12.4 Å².